The third-order valence-electron chi connectivity index (χ3n) is 2.07. The summed E-state index contributed by atoms with van der Waals surface area (Å²) in [6.07, 6.45) is 0. The Kier molecular flexibility index (Phi) is 1.76. The van der Waals surface area contributed by atoms with E-state index >= 15 is 0 Å². The van der Waals surface area contributed by atoms with Crippen LogP contribution >= 0.6 is 0 Å². The van der Waals surface area contributed by atoms with Crippen LogP contribution in [-0.4, -0.2) is 7.11 Å². The summed E-state index contributed by atoms with van der Waals surface area (Å²) in [7, 11) is 1.66. The Morgan fingerprint density at radius 3 is 2.62 bits per heavy atom. The molecule has 2 nitrogen and oxygen atoms in total. The lowest BCUT2D eigenvalue weighted by molar-refractivity contribution is 0.408. The predicted molar refractivity (Wildman–Crippen MR) is 52.2 cm³/mol. The second-order valence-electron chi connectivity index (χ2n) is 3.24. The molecule has 0 aliphatic rings. The highest BCUT2D eigenvalue weighted by Crippen LogP contribution is 2.29. The normalized spacial score (nSPS) is 10.7. The standard InChI is InChI=1S/C11H12O2/c1-7-4-9-6-8(2)13-11(9)10(5-7)12-3/h4-6H,1-3H3. The molecular weight excluding hydrogens is 164 g/mol. The number of methoxy groups -OCH3 is 1. The summed E-state index contributed by atoms with van der Waals surface area (Å²) in [5.41, 5.74) is 2.02. The summed E-state index contributed by atoms with van der Waals surface area (Å²) in [4.78, 5) is 0. The first kappa shape index (κ1) is 8.17. The van der Waals surface area contributed by atoms with Crippen LogP contribution in [0.1, 0.15) is 11.3 Å². The summed E-state index contributed by atoms with van der Waals surface area (Å²) in [5, 5.41) is 1.11. The van der Waals surface area contributed by atoms with Crippen molar-refractivity contribution in [3.63, 3.8) is 0 Å². The Labute approximate surface area is 77.1 Å². The van der Waals surface area contributed by atoms with Gasteiger partial charge in [-0.2, -0.15) is 0 Å². The molecule has 0 N–H and O–H groups in total. The van der Waals surface area contributed by atoms with E-state index < -0.39 is 0 Å². The second kappa shape index (κ2) is 2.80. The van der Waals surface area contributed by atoms with Gasteiger partial charge in [-0.1, -0.05) is 0 Å². The smallest absolute Gasteiger partial charge is 0.176 e. The zero-order valence-corrected chi connectivity index (χ0v) is 8.05. The lowest BCUT2D eigenvalue weighted by Gasteiger charge is -2.01. The van der Waals surface area contributed by atoms with E-state index in [-0.39, 0.29) is 0 Å². The molecule has 68 valence electrons. The van der Waals surface area contributed by atoms with Gasteiger partial charge in [0.2, 0.25) is 0 Å². The van der Waals surface area contributed by atoms with Crippen molar-refractivity contribution in [3.05, 3.63) is 29.5 Å². The summed E-state index contributed by atoms with van der Waals surface area (Å²) in [6.45, 7) is 3.99. The van der Waals surface area contributed by atoms with Crippen molar-refractivity contribution in [2.45, 2.75) is 13.8 Å². The molecule has 0 radical (unpaired) electrons. The van der Waals surface area contributed by atoms with E-state index in [4.69, 9.17) is 9.15 Å². The quantitative estimate of drug-likeness (QED) is 0.666. The first-order valence-electron chi connectivity index (χ1n) is 4.25. The topological polar surface area (TPSA) is 22.4 Å². The number of benzene rings is 1. The summed E-state index contributed by atoms with van der Waals surface area (Å²) in [6, 6.07) is 6.09. The lowest BCUT2D eigenvalue weighted by atomic mass is 10.1. The molecule has 1 aromatic carbocycles. The van der Waals surface area contributed by atoms with Gasteiger partial charge in [-0.15, -0.1) is 0 Å². The van der Waals surface area contributed by atoms with Crippen LogP contribution in [0.3, 0.4) is 0 Å². The molecule has 2 rings (SSSR count). The molecule has 0 spiro atoms. The molecule has 0 unspecified atom stereocenters. The molecule has 0 aliphatic carbocycles. The highest BCUT2D eigenvalue weighted by atomic mass is 16.5. The van der Waals surface area contributed by atoms with Crippen molar-refractivity contribution in [1.29, 1.82) is 0 Å². The molecule has 0 amide bonds. The van der Waals surface area contributed by atoms with Crippen LogP contribution in [-0.2, 0) is 0 Å². The van der Waals surface area contributed by atoms with Crippen molar-refractivity contribution < 1.29 is 9.15 Å². The minimum absolute atomic E-state index is 0.808. The Bertz CT molecular complexity index is 441. The lowest BCUT2D eigenvalue weighted by Crippen LogP contribution is -1.83. The van der Waals surface area contributed by atoms with E-state index in [1.807, 2.05) is 26.0 Å². The summed E-state index contributed by atoms with van der Waals surface area (Å²) >= 11 is 0. The number of hydrogen-bond donors (Lipinski definition) is 0. The van der Waals surface area contributed by atoms with Gasteiger partial charge < -0.3 is 9.15 Å². The van der Waals surface area contributed by atoms with Crippen LogP contribution in [0.5, 0.6) is 5.75 Å². The van der Waals surface area contributed by atoms with E-state index in [9.17, 15) is 0 Å². The molecule has 0 saturated heterocycles. The average molecular weight is 176 g/mol. The van der Waals surface area contributed by atoms with Crippen molar-refractivity contribution >= 4 is 11.0 Å². The van der Waals surface area contributed by atoms with Crippen LogP contribution < -0.4 is 4.74 Å². The first-order chi connectivity index (χ1) is 6.20. The number of ether oxygens (including phenoxy) is 1. The minimum Gasteiger partial charge on any atom is -0.493 e. The maximum atomic E-state index is 5.52. The molecule has 0 aliphatic heterocycles. The Morgan fingerprint density at radius 1 is 1.15 bits per heavy atom. The fourth-order valence-corrected chi connectivity index (χ4v) is 1.54. The van der Waals surface area contributed by atoms with Crippen LogP contribution in [0, 0.1) is 13.8 Å². The van der Waals surface area contributed by atoms with E-state index in [0.717, 1.165) is 22.5 Å². The molecule has 0 saturated carbocycles. The van der Waals surface area contributed by atoms with E-state index in [1.165, 1.54) is 5.56 Å². The van der Waals surface area contributed by atoms with E-state index in [2.05, 4.69) is 6.07 Å². The maximum absolute atomic E-state index is 5.52. The highest BCUT2D eigenvalue weighted by molar-refractivity contribution is 5.84. The van der Waals surface area contributed by atoms with Crippen LogP contribution in [0.2, 0.25) is 0 Å². The number of rotatable bonds is 1. The molecule has 13 heavy (non-hydrogen) atoms. The molecule has 0 bridgehead atoms. The van der Waals surface area contributed by atoms with Crippen LogP contribution in [0.15, 0.2) is 22.6 Å². The van der Waals surface area contributed by atoms with Gasteiger partial charge in [0.1, 0.15) is 5.76 Å². The zero-order chi connectivity index (χ0) is 9.42. The van der Waals surface area contributed by atoms with E-state index in [1.54, 1.807) is 7.11 Å². The summed E-state index contributed by atoms with van der Waals surface area (Å²) < 4.78 is 10.7. The average Bonchev–Trinajstić information content (AvgIpc) is 2.43. The van der Waals surface area contributed by atoms with Crippen LogP contribution in [0.4, 0.5) is 0 Å². The van der Waals surface area contributed by atoms with Crippen LogP contribution in [0.25, 0.3) is 11.0 Å². The second-order valence-corrected chi connectivity index (χ2v) is 3.24. The fourth-order valence-electron chi connectivity index (χ4n) is 1.54. The largest absolute Gasteiger partial charge is 0.493 e. The van der Waals surface area contributed by atoms with Gasteiger partial charge in [0.05, 0.1) is 7.11 Å². The monoisotopic (exact) mass is 176 g/mol. The number of furan rings is 1. The molecule has 0 atom stereocenters. The molecular formula is C11H12O2. The minimum atomic E-state index is 0.808. The molecule has 0 fully saturated rings. The Hall–Kier alpha value is -1.44. The van der Waals surface area contributed by atoms with Gasteiger partial charge in [0.15, 0.2) is 11.3 Å². The number of aryl methyl sites for hydroxylation is 2. The van der Waals surface area contributed by atoms with Gasteiger partial charge in [-0.3, -0.25) is 0 Å². The zero-order valence-electron chi connectivity index (χ0n) is 8.05. The van der Waals surface area contributed by atoms with Crippen molar-refractivity contribution in [2.75, 3.05) is 7.11 Å². The van der Waals surface area contributed by atoms with Gasteiger partial charge >= 0.3 is 0 Å². The molecule has 2 heteroatoms. The van der Waals surface area contributed by atoms with Crippen molar-refractivity contribution in [3.8, 4) is 5.75 Å². The van der Waals surface area contributed by atoms with Gasteiger partial charge in [-0.25, -0.2) is 0 Å². The maximum Gasteiger partial charge on any atom is 0.176 e. The van der Waals surface area contributed by atoms with Gasteiger partial charge in [-0.05, 0) is 37.6 Å². The third kappa shape index (κ3) is 1.28. The Balaban J connectivity index is 2.80. The number of hydrogen-bond acceptors (Lipinski definition) is 2. The SMILES string of the molecule is COc1cc(C)cc2cc(C)oc12. The third-order valence-corrected chi connectivity index (χ3v) is 2.07. The highest BCUT2D eigenvalue weighted by Gasteiger charge is 2.07. The van der Waals surface area contributed by atoms with Crippen molar-refractivity contribution in [2.24, 2.45) is 0 Å². The van der Waals surface area contributed by atoms with Gasteiger partial charge in [0, 0.05) is 5.39 Å². The summed E-state index contributed by atoms with van der Waals surface area (Å²) in [5.74, 6) is 1.72. The fraction of sp³-hybridized carbons (Fsp3) is 0.273. The van der Waals surface area contributed by atoms with Gasteiger partial charge in [0.25, 0.3) is 0 Å². The Morgan fingerprint density at radius 2 is 1.92 bits per heavy atom. The van der Waals surface area contributed by atoms with Crippen molar-refractivity contribution in [1.82, 2.24) is 0 Å². The number of fused-ring (bicyclic) bond motifs is 1. The molecule has 1 heterocycles. The molecule has 2 aromatic rings. The first-order valence-corrected chi connectivity index (χ1v) is 4.25. The van der Waals surface area contributed by atoms with E-state index in [0.29, 0.717) is 0 Å². The predicted octanol–water partition coefficient (Wildman–Crippen LogP) is 3.06. The molecule has 1 aromatic heterocycles.